The van der Waals surface area contributed by atoms with Crippen molar-refractivity contribution >= 4 is 5.97 Å². The lowest BCUT2D eigenvalue weighted by Crippen LogP contribution is -2.51. The third kappa shape index (κ3) is 2.69. The van der Waals surface area contributed by atoms with E-state index in [1.807, 2.05) is 6.92 Å². The van der Waals surface area contributed by atoms with Crippen LogP contribution in [0.4, 0.5) is 0 Å². The molecule has 0 amide bonds. The van der Waals surface area contributed by atoms with Crippen molar-refractivity contribution in [2.24, 2.45) is 5.92 Å². The number of hydrogen-bond acceptors (Lipinski definition) is 4. The van der Waals surface area contributed by atoms with Crippen LogP contribution in [0.1, 0.15) is 33.6 Å². The van der Waals surface area contributed by atoms with Gasteiger partial charge in [0.25, 0.3) is 0 Å². The molecule has 0 bridgehead atoms. The Kier molecular flexibility index (Phi) is 4.11. The maximum atomic E-state index is 11.5. The largest absolute Gasteiger partial charge is 0.464 e. The molecular weight excluding hydrogens is 196 g/mol. The van der Waals surface area contributed by atoms with Gasteiger partial charge in [0.15, 0.2) is 5.60 Å². The first-order valence-corrected chi connectivity index (χ1v) is 5.53. The zero-order valence-corrected chi connectivity index (χ0v) is 9.66. The summed E-state index contributed by atoms with van der Waals surface area (Å²) in [6, 6.07) is 0. The molecule has 4 heteroatoms. The number of rotatable bonds is 5. The summed E-state index contributed by atoms with van der Waals surface area (Å²) < 4.78 is 10.2. The third-order valence-electron chi connectivity index (χ3n) is 2.98. The van der Waals surface area contributed by atoms with Crippen LogP contribution in [0.2, 0.25) is 0 Å². The summed E-state index contributed by atoms with van der Waals surface area (Å²) >= 11 is 0. The fourth-order valence-electron chi connectivity index (χ4n) is 1.84. The van der Waals surface area contributed by atoms with Gasteiger partial charge in [-0.1, -0.05) is 0 Å². The summed E-state index contributed by atoms with van der Waals surface area (Å²) in [7, 11) is 0. The number of carbonyl (C=O) groups excluding carboxylic acids is 1. The fourth-order valence-corrected chi connectivity index (χ4v) is 1.84. The Bertz CT molecular complexity index is 219. The SMILES string of the molecule is CCOC(=O)C(C)(O)C1CC(OCC)C1. The summed E-state index contributed by atoms with van der Waals surface area (Å²) in [5.74, 6) is -0.557. The minimum Gasteiger partial charge on any atom is -0.464 e. The van der Waals surface area contributed by atoms with Gasteiger partial charge < -0.3 is 14.6 Å². The molecule has 1 rings (SSSR count). The van der Waals surface area contributed by atoms with Gasteiger partial charge >= 0.3 is 5.97 Å². The minimum atomic E-state index is -1.36. The van der Waals surface area contributed by atoms with Crippen LogP contribution in [0.5, 0.6) is 0 Å². The number of hydrogen-bond donors (Lipinski definition) is 1. The van der Waals surface area contributed by atoms with Gasteiger partial charge in [0.05, 0.1) is 12.7 Å². The molecule has 0 spiro atoms. The average Bonchev–Trinajstić information content (AvgIpc) is 2.10. The van der Waals surface area contributed by atoms with Crippen LogP contribution >= 0.6 is 0 Å². The number of esters is 1. The van der Waals surface area contributed by atoms with Gasteiger partial charge in [0, 0.05) is 12.5 Å². The molecule has 0 heterocycles. The molecule has 4 nitrogen and oxygen atoms in total. The Balaban J connectivity index is 2.40. The first-order valence-electron chi connectivity index (χ1n) is 5.53. The molecular formula is C11H20O4. The van der Waals surface area contributed by atoms with E-state index in [9.17, 15) is 9.90 Å². The van der Waals surface area contributed by atoms with Crippen LogP contribution in [0.25, 0.3) is 0 Å². The molecule has 1 saturated carbocycles. The van der Waals surface area contributed by atoms with Gasteiger partial charge in [-0.3, -0.25) is 0 Å². The lowest BCUT2D eigenvalue weighted by atomic mass is 9.71. The predicted octanol–water partition coefficient (Wildman–Crippen LogP) is 1.12. The zero-order chi connectivity index (χ0) is 11.5. The maximum Gasteiger partial charge on any atom is 0.338 e. The Labute approximate surface area is 90.6 Å². The minimum absolute atomic E-state index is 0.0342. The molecule has 1 fully saturated rings. The molecule has 0 aliphatic heterocycles. The van der Waals surface area contributed by atoms with E-state index >= 15 is 0 Å². The van der Waals surface area contributed by atoms with Crippen LogP contribution < -0.4 is 0 Å². The smallest absolute Gasteiger partial charge is 0.338 e. The maximum absolute atomic E-state index is 11.5. The summed E-state index contributed by atoms with van der Waals surface area (Å²) in [4.78, 5) is 11.5. The number of carbonyl (C=O) groups is 1. The summed E-state index contributed by atoms with van der Waals surface area (Å²) in [5, 5.41) is 9.99. The van der Waals surface area contributed by atoms with Crippen molar-refractivity contribution in [2.75, 3.05) is 13.2 Å². The van der Waals surface area contributed by atoms with Crippen LogP contribution in [0, 0.1) is 5.92 Å². The molecule has 0 aromatic rings. The first kappa shape index (κ1) is 12.5. The van der Waals surface area contributed by atoms with Gasteiger partial charge in [-0.25, -0.2) is 4.79 Å². The van der Waals surface area contributed by atoms with Gasteiger partial charge in [-0.2, -0.15) is 0 Å². The van der Waals surface area contributed by atoms with Crippen molar-refractivity contribution in [3.8, 4) is 0 Å². The Morgan fingerprint density at radius 3 is 2.47 bits per heavy atom. The van der Waals surface area contributed by atoms with Crippen molar-refractivity contribution in [1.29, 1.82) is 0 Å². The quantitative estimate of drug-likeness (QED) is 0.700. The van der Waals surface area contributed by atoms with Crippen LogP contribution in [0.15, 0.2) is 0 Å². The molecule has 0 saturated heterocycles. The zero-order valence-electron chi connectivity index (χ0n) is 9.66. The van der Waals surface area contributed by atoms with Crippen LogP contribution in [0.3, 0.4) is 0 Å². The Morgan fingerprint density at radius 1 is 1.40 bits per heavy atom. The van der Waals surface area contributed by atoms with Gasteiger partial charge in [-0.15, -0.1) is 0 Å². The van der Waals surface area contributed by atoms with Gasteiger partial charge in [0.1, 0.15) is 0 Å². The monoisotopic (exact) mass is 216 g/mol. The van der Waals surface area contributed by atoms with Crippen LogP contribution in [-0.4, -0.2) is 36.0 Å². The molecule has 15 heavy (non-hydrogen) atoms. The lowest BCUT2D eigenvalue weighted by molar-refractivity contribution is -0.180. The van der Waals surface area contributed by atoms with E-state index < -0.39 is 11.6 Å². The van der Waals surface area contributed by atoms with Crippen molar-refractivity contribution in [3.63, 3.8) is 0 Å². The molecule has 1 atom stereocenters. The molecule has 1 N–H and O–H groups in total. The van der Waals surface area contributed by atoms with Crippen molar-refractivity contribution in [3.05, 3.63) is 0 Å². The molecule has 1 unspecified atom stereocenters. The van der Waals surface area contributed by atoms with E-state index in [4.69, 9.17) is 9.47 Å². The second-order valence-corrected chi connectivity index (χ2v) is 4.11. The van der Waals surface area contributed by atoms with E-state index in [1.165, 1.54) is 6.92 Å². The Hall–Kier alpha value is -0.610. The van der Waals surface area contributed by atoms with Crippen molar-refractivity contribution in [1.82, 2.24) is 0 Å². The van der Waals surface area contributed by atoms with E-state index in [-0.39, 0.29) is 12.0 Å². The molecule has 0 radical (unpaired) electrons. The van der Waals surface area contributed by atoms with E-state index in [0.29, 0.717) is 13.2 Å². The van der Waals surface area contributed by atoms with E-state index in [2.05, 4.69) is 0 Å². The molecule has 88 valence electrons. The van der Waals surface area contributed by atoms with E-state index in [1.54, 1.807) is 6.92 Å². The number of aliphatic hydroxyl groups is 1. The number of ether oxygens (including phenoxy) is 2. The summed E-state index contributed by atoms with van der Waals surface area (Å²) in [6.07, 6.45) is 1.67. The fraction of sp³-hybridized carbons (Fsp3) is 0.909. The van der Waals surface area contributed by atoms with Gasteiger partial charge in [0.2, 0.25) is 0 Å². The molecule has 1 aliphatic rings. The highest BCUT2D eigenvalue weighted by atomic mass is 16.5. The third-order valence-corrected chi connectivity index (χ3v) is 2.98. The van der Waals surface area contributed by atoms with Gasteiger partial charge in [-0.05, 0) is 33.6 Å². The highest BCUT2D eigenvalue weighted by molar-refractivity contribution is 5.79. The van der Waals surface area contributed by atoms with E-state index in [0.717, 1.165) is 12.8 Å². The predicted molar refractivity (Wildman–Crippen MR) is 55.4 cm³/mol. The Morgan fingerprint density at radius 2 is 2.00 bits per heavy atom. The summed E-state index contributed by atoms with van der Waals surface area (Å²) in [6.45, 7) is 6.18. The topological polar surface area (TPSA) is 55.8 Å². The average molecular weight is 216 g/mol. The molecule has 1 aliphatic carbocycles. The normalized spacial score (nSPS) is 29.1. The highest BCUT2D eigenvalue weighted by Crippen LogP contribution is 2.38. The second-order valence-electron chi connectivity index (χ2n) is 4.11. The summed E-state index contributed by atoms with van der Waals surface area (Å²) in [5.41, 5.74) is -1.36. The van der Waals surface area contributed by atoms with Crippen molar-refractivity contribution in [2.45, 2.75) is 45.3 Å². The van der Waals surface area contributed by atoms with Crippen molar-refractivity contribution < 1.29 is 19.4 Å². The highest BCUT2D eigenvalue weighted by Gasteiger charge is 2.47. The standard InChI is InChI=1S/C11H20O4/c1-4-14-9-6-8(7-9)11(3,13)10(12)15-5-2/h8-9,13H,4-7H2,1-3H3. The molecule has 0 aromatic carbocycles. The second kappa shape index (κ2) is 4.94. The van der Waals surface area contributed by atoms with Crippen LogP contribution in [-0.2, 0) is 14.3 Å². The lowest BCUT2D eigenvalue weighted by Gasteiger charge is -2.42. The first-order chi connectivity index (χ1) is 7.02. The molecule has 0 aromatic heterocycles.